The second-order valence-electron chi connectivity index (χ2n) is 2.79. The fourth-order valence-electron chi connectivity index (χ4n) is 1.11. The summed E-state index contributed by atoms with van der Waals surface area (Å²) in [5.74, 6) is 1.37. The lowest BCUT2D eigenvalue weighted by molar-refractivity contribution is 0.201. The van der Waals surface area contributed by atoms with Gasteiger partial charge in [0.2, 0.25) is 0 Å². The molecular formula is C10H15NO3. The quantitative estimate of drug-likeness (QED) is 0.722. The fourth-order valence-corrected chi connectivity index (χ4v) is 1.11. The van der Waals surface area contributed by atoms with Gasteiger partial charge < -0.3 is 20.3 Å². The van der Waals surface area contributed by atoms with E-state index >= 15 is 0 Å². The molecule has 0 aromatic heterocycles. The third-order valence-corrected chi connectivity index (χ3v) is 1.77. The number of ether oxygens (including phenoxy) is 2. The zero-order chi connectivity index (χ0) is 10.4. The largest absolute Gasteiger partial charge is 0.497 e. The summed E-state index contributed by atoms with van der Waals surface area (Å²) in [6.45, 7) is 0.707. The molecule has 0 radical (unpaired) electrons. The molecule has 1 rings (SSSR count). The van der Waals surface area contributed by atoms with Crippen LogP contribution >= 0.6 is 0 Å². The Morgan fingerprint density at radius 3 is 2.57 bits per heavy atom. The monoisotopic (exact) mass is 197 g/mol. The number of aliphatic hydroxyl groups excluding tert-OH is 1. The van der Waals surface area contributed by atoms with Crippen LogP contribution in [0.25, 0.3) is 0 Å². The summed E-state index contributed by atoms with van der Waals surface area (Å²) in [5.41, 5.74) is 6.45. The highest BCUT2D eigenvalue weighted by molar-refractivity contribution is 5.38. The van der Waals surface area contributed by atoms with E-state index in [1.807, 2.05) is 12.1 Å². The molecule has 0 saturated carbocycles. The molecule has 0 heterocycles. The number of methoxy groups -OCH3 is 1. The van der Waals surface area contributed by atoms with E-state index in [0.29, 0.717) is 18.0 Å². The first-order valence-electron chi connectivity index (χ1n) is 4.42. The van der Waals surface area contributed by atoms with Crippen LogP contribution in [0.3, 0.4) is 0 Å². The minimum atomic E-state index is -0.00479. The van der Waals surface area contributed by atoms with Crippen LogP contribution in [0, 0.1) is 0 Å². The van der Waals surface area contributed by atoms with E-state index in [1.165, 1.54) is 0 Å². The van der Waals surface area contributed by atoms with Gasteiger partial charge in [-0.05, 0) is 17.7 Å². The van der Waals surface area contributed by atoms with E-state index in [1.54, 1.807) is 13.2 Å². The Balaban J connectivity index is 2.81. The van der Waals surface area contributed by atoms with Gasteiger partial charge in [0.1, 0.15) is 18.1 Å². The molecule has 0 aliphatic rings. The Kier molecular flexibility index (Phi) is 4.22. The highest BCUT2D eigenvalue weighted by atomic mass is 16.5. The molecule has 1 aromatic rings. The van der Waals surface area contributed by atoms with Crippen LogP contribution in [0.4, 0.5) is 0 Å². The molecule has 78 valence electrons. The lowest BCUT2D eigenvalue weighted by atomic mass is 10.2. The number of aliphatic hydroxyl groups is 1. The average Bonchev–Trinajstić information content (AvgIpc) is 2.25. The highest BCUT2D eigenvalue weighted by Gasteiger charge is 2.00. The van der Waals surface area contributed by atoms with E-state index in [9.17, 15) is 0 Å². The smallest absolute Gasteiger partial charge is 0.123 e. The topological polar surface area (TPSA) is 64.7 Å². The Labute approximate surface area is 83.3 Å². The molecule has 0 fully saturated rings. The summed E-state index contributed by atoms with van der Waals surface area (Å²) in [6.07, 6.45) is 0. The first-order chi connectivity index (χ1) is 6.80. The van der Waals surface area contributed by atoms with Gasteiger partial charge >= 0.3 is 0 Å². The summed E-state index contributed by atoms with van der Waals surface area (Å²) < 4.78 is 10.3. The Bertz CT molecular complexity index is 266. The molecule has 0 aliphatic carbocycles. The normalized spacial score (nSPS) is 9.93. The van der Waals surface area contributed by atoms with Crippen molar-refractivity contribution in [1.29, 1.82) is 0 Å². The molecule has 4 nitrogen and oxygen atoms in total. The molecule has 1 aromatic carbocycles. The molecule has 0 amide bonds. The van der Waals surface area contributed by atoms with E-state index in [4.69, 9.17) is 20.3 Å². The van der Waals surface area contributed by atoms with Crippen LogP contribution in [0.2, 0.25) is 0 Å². The SMILES string of the molecule is COc1cc(CN)cc(OCCO)c1. The van der Waals surface area contributed by atoms with E-state index in [-0.39, 0.29) is 13.2 Å². The van der Waals surface area contributed by atoms with Crippen molar-refractivity contribution >= 4 is 0 Å². The van der Waals surface area contributed by atoms with Crippen molar-refractivity contribution in [1.82, 2.24) is 0 Å². The Hall–Kier alpha value is -1.26. The zero-order valence-corrected chi connectivity index (χ0v) is 8.19. The summed E-state index contributed by atoms with van der Waals surface area (Å²) in [7, 11) is 1.59. The third kappa shape index (κ3) is 2.90. The maximum atomic E-state index is 8.60. The van der Waals surface area contributed by atoms with Gasteiger partial charge in [-0.3, -0.25) is 0 Å². The van der Waals surface area contributed by atoms with Gasteiger partial charge in [-0.15, -0.1) is 0 Å². The average molecular weight is 197 g/mol. The van der Waals surface area contributed by atoms with Gasteiger partial charge in [0.15, 0.2) is 0 Å². The van der Waals surface area contributed by atoms with Crippen molar-refractivity contribution in [2.75, 3.05) is 20.3 Å². The predicted molar refractivity (Wildman–Crippen MR) is 53.5 cm³/mol. The van der Waals surface area contributed by atoms with Gasteiger partial charge in [-0.1, -0.05) is 0 Å². The van der Waals surface area contributed by atoms with Crippen molar-refractivity contribution in [3.8, 4) is 11.5 Å². The molecule has 0 aliphatic heterocycles. The lowest BCUT2D eigenvalue weighted by Crippen LogP contribution is -2.03. The minimum absolute atomic E-state index is 0.00479. The van der Waals surface area contributed by atoms with Crippen molar-refractivity contribution in [3.63, 3.8) is 0 Å². The number of hydrogen-bond donors (Lipinski definition) is 2. The van der Waals surface area contributed by atoms with Crippen LogP contribution < -0.4 is 15.2 Å². The molecule has 0 atom stereocenters. The number of hydrogen-bond acceptors (Lipinski definition) is 4. The molecule has 0 unspecified atom stereocenters. The molecule has 0 bridgehead atoms. The second kappa shape index (κ2) is 5.47. The van der Waals surface area contributed by atoms with Crippen LogP contribution in [0.1, 0.15) is 5.56 Å². The Morgan fingerprint density at radius 1 is 1.29 bits per heavy atom. The molecule has 14 heavy (non-hydrogen) atoms. The lowest BCUT2D eigenvalue weighted by Gasteiger charge is -2.08. The first kappa shape index (κ1) is 10.8. The third-order valence-electron chi connectivity index (χ3n) is 1.77. The predicted octanol–water partition coefficient (Wildman–Crippen LogP) is 0.525. The number of rotatable bonds is 5. The van der Waals surface area contributed by atoms with E-state index in [0.717, 1.165) is 5.56 Å². The Morgan fingerprint density at radius 2 is 2.00 bits per heavy atom. The molecule has 0 spiro atoms. The second-order valence-corrected chi connectivity index (χ2v) is 2.79. The van der Waals surface area contributed by atoms with Crippen molar-refractivity contribution < 1.29 is 14.6 Å². The van der Waals surface area contributed by atoms with Crippen molar-refractivity contribution in [2.45, 2.75) is 6.54 Å². The van der Waals surface area contributed by atoms with Crippen LogP contribution in [0.5, 0.6) is 11.5 Å². The number of benzene rings is 1. The highest BCUT2D eigenvalue weighted by Crippen LogP contribution is 2.22. The van der Waals surface area contributed by atoms with Crippen LogP contribution in [0.15, 0.2) is 18.2 Å². The summed E-state index contributed by atoms with van der Waals surface area (Å²) in [5, 5.41) is 8.60. The summed E-state index contributed by atoms with van der Waals surface area (Å²) in [4.78, 5) is 0. The van der Waals surface area contributed by atoms with Gasteiger partial charge in [-0.25, -0.2) is 0 Å². The van der Waals surface area contributed by atoms with E-state index in [2.05, 4.69) is 0 Å². The summed E-state index contributed by atoms with van der Waals surface area (Å²) in [6, 6.07) is 5.44. The molecular weight excluding hydrogens is 182 g/mol. The van der Waals surface area contributed by atoms with Gasteiger partial charge in [0.05, 0.1) is 13.7 Å². The molecule has 4 heteroatoms. The van der Waals surface area contributed by atoms with Crippen LogP contribution in [-0.4, -0.2) is 25.4 Å². The summed E-state index contributed by atoms with van der Waals surface area (Å²) >= 11 is 0. The van der Waals surface area contributed by atoms with Gasteiger partial charge in [0.25, 0.3) is 0 Å². The number of nitrogens with two attached hydrogens (primary N) is 1. The standard InChI is InChI=1S/C10H15NO3/c1-13-9-4-8(7-11)5-10(6-9)14-3-2-12/h4-6,12H,2-3,7,11H2,1H3. The fraction of sp³-hybridized carbons (Fsp3) is 0.400. The zero-order valence-electron chi connectivity index (χ0n) is 8.19. The maximum absolute atomic E-state index is 8.60. The van der Waals surface area contributed by atoms with Gasteiger partial charge in [0, 0.05) is 12.6 Å². The van der Waals surface area contributed by atoms with Crippen LogP contribution in [-0.2, 0) is 6.54 Å². The minimum Gasteiger partial charge on any atom is -0.497 e. The van der Waals surface area contributed by atoms with E-state index < -0.39 is 0 Å². The molecule has 0 saturated heterocycles. The van der Waals surface area contributed by atoms with Crippen molar-refractivity contribution in [3.05, 3.63) is 23.8 Å². The van der Waals surface area contributed by atoms with Gasteiger partial charge in [-0.2, -0.15) is 0 Å². The van der Waals surface area contributed by atoms with Crippen molar-refractivity contribution in [2.24, 2.45) is 5.73 Å². The maximum Gasteiger partial charge on any atom is 0.123 e. The molecule has 3 N–H and O–H groups in total. The first-order valence-corrected chi connectivity index (χ1v) is 4.42.